The highest BCUT2D eigenvalue weighted by molar-refractivity contribution is 7.14. The van der Waals surface area contributed by atoms with Crippen molar-refractivity contribution < 1.29 is 19.1 Å². The Morgan fingerprint density at radius 2 is 2.00 bits per heavy atom. The van der Waals surface area contributed by atoms with E-state index in [0.29, 0.717) is 36.5 Å². The highest BCUT2D eigenvalue weighted by Gasteiger charge is 2.36. The second-order valence-electron chi connectivity index (χ2n) is 8.83. The third-order valence-electron chi connectivity index (χ3n) is 6.12. The Labute approximate surface area is 207 Å². The van der Waals surface area contributed by atoms with Crippen molar-refractivity contribution in [3.8, 4) is 16.5 Å². The van der Waals surface area contributed by atoms with Crippen LogP contribution in [0.4, 0.5) is 5.69 Å². The summed E-state index contributed by atoms with van der Waals surface area (Å²) in [6.07, 6.45) is 3.33. The van der Waals surface area contributed by atoms with E-state index >= 15 is 0 Å². The number of carbonyl (C=O) groups is 3. The van der Waals surface area contributed by atoms with Crippen LogP contribution < -0.4 is 9.64 Å². The summed E-state index contributed by atoms with van der Waals surface area (Å²) in [4.78, 5) is 52.5. The van der Waals surface area contributed by atoms with Crippen LogP contribution in [-0.4, -0.2) is 70.8 Å². The van der Waals surface area contributed by atoms with Gasteiger partial charge in [-0.1, -0.05) is 6.07 Å². The largest absolute Gasteiger partial charge is 0.479 e. The summed E-state index contributed by atoms with van der Waals surface area (Å²) in [5, 5.41) is 0.841. The number of thiazole rings is 1. The van der Waals surface area contributed by atoms with Gasteiger partial charge < -0.3 is 19.4 Å². The maximum Gasteiger partial charge on any atom is 0.268 e. The number of hydrogen-bond donors (Lipinski definition) is 0. The summed E-state index contributed by atoms with van der Waals surface area (Å²) in [6.45, 7) is 2.90. The molecule has 4 heterocycles. The summed E-state index contributed by atoms with van der Waals surface area (Å²) < 4.78 is 5.94. The van der Waals surface area contributed by atoms with Gasteiger partial charge in [0.25, 0.3) is 11.8 Å². The van der Waals surface area contributed by atoms with E-state index in [1.807, 2.05) is 31.3 Å². The first-order chi connectivity index (χ1) is 16.8. The topological polar surface area (TPSA) is 95.9 Å². The Kier molecular flexibility index (Phi) is 5.98. The second-order valence-corrected chi connectivity index (χ2v) is 10.1. The van der Waals surface area contributed by atoms with Gasteiger partial charge in [-0.2, -0.15) is 0 Å². The van der Waals surface area contributed by atoms with Gasteiger partial charge in [0.15, 0.2) is 6.10 Å². The lowest BCUT2D eigenvalue weighted by Gasteiger charge is -2.18. The molecule has 0 aliphatic carbocycles. The second kappa shape index (κ2) is 9.10. The van der Waals surface area contributed by atoms with Gasteiger partial charge >= 0.3 is 0 Å². The van der Waals surface area contributed by atoms with Gasteiger partial charge in [-0.05, 0) is 36.8 Å². The van der Waals surface area contributed by atoms with E-state index in [1.54, 1.807) is 48.7 Å². The minimum absolute atomic E-state index is 0.0311. The van der Waals surface area contributed by atoms with Gasteiger partial charge in [0.1, 0.15) is 17.3 Å². The molecule has 1 fully saturated rings. The Morgan fingerprint density at radius 3 is 2.69 bits per heavy atom. The van der Waals surface area contributed by atoms with Crippen LogP contribution in [0.5, 0.6) is 5.75 Å². The molecule has 5 rings (SSSR count). The Hall–Kier alpha value is -3.79. The van der Waals surface area contributed by atoms with Gasteiger partial charge in [-0.25, -0.2) is 9.97 Å². The number of ether oxygens (including phenoxy) is 1. The Morgan fingerprint density at radius 1 is 1.17 bits per heavy atom. The molecule has 2 aliphatic heterocycles. The maximum atomic E-state index is 13.1. The van der Waals surface area contributed by atoms with Crippen molar-refractivity contribution in [1.29, 1.82) is 0 Å². The number of hydrogen-bond acceptors (Lipinski definition) is 7. The SMILES string of the molecule is Cc1cnc(-c2ccc(O[C@@H]3CCN(c4ccc5c(c4)C(=O)N(CC(=O)N(C)C)C5)C3=O)cn2)s1. The standard InChI is InChI=1S/C25H25N5O4S/c1-15-11-27-23(35-15)20-7-6-18(12-26-20)34-21-8-9-30(25(21)33)17-5-4-16-13-29(14-22(31)28(2)3)24(32)19(16)10-17/h4-7,10-12,21H,8-9,13-14H2,1-3H3/t21-/m1/s1. The zero-order valence-electron chi connectivity index (χ0n) is 19.7. The fourth-order valence-electron chi connectivity index (χ4n) is 4.18. The first kappa shape index (κ1) is 23.0. The lowest BCUT2D eigenvalue weighted by atomic mass is 10.1. The molecule has 180 valence electrons. The Balaban J connectivity index is 1.25. The number of carbonyl (C=O) groups excluding carboxylic acids is 3. The minimum Gasteiger partial charge on any atom is -0.479 e. The van der Waals surface area contributed by atoms with Crippen molar-refractivity contribution in [3.63, 3.8) is 0 Å². The number of pyridine rings is 1. The number of aryl methyl sites for hydroxylation is 1. The zero-order valence-corrected chi connectivity index (χ0v) is 20.5. The van der Waals surface area contributed by atoms with Gasteiger partial charge in [-0.3, -0.25) is 14.4 Å². The van der Waals surface area contributed by atoms with Crippen LogP contribution >= 0.6 is 11.3 Å². The molecule has 0 N–H and O–H groups in total. The lowest BCUT2D eigenvalue weighted by molar-refractivity contribution is -0.129. The van der Waals surface area contributed by atoms with Crippen molar-refractivity contribution in [2.24, 2.45) is 0 Å². The Bertz CT molecular complexity index is 1300. The number of fused-ring (bicyclic) bond motifs is 1. The molecule has 0 saturated carbocycles. The number of likely N-dealkylation sites (N-methyl/N-ethyl adjacent to an activating group) is 1. The number of aromatic nitrogens is 2. The predicted molar refractivity (Wildman–Crippen MR) is 131 cm³/mol. The van der Waals surface area contributed by atoms with Crippen LogP contribution in [0.15, 0.2) is 42.7 Å². The van der Waals surface area contributed by atoms with E-state index in [-0.39, 0.29) is 24.3 Å². The van der Waals surface area contributed by atoms with Crippen molar-refractivity contribution >= 4 is 34.7 Å². The molecule has 0 unspecified atom stereocenters. The first-order valence-corrected chi connectivity index (χ1v) is 12.1. The van der Waals surface area contributed by atoms with E-state index in [2.05, 4.69) is 9.97 Å². The quantitative estimate of drug-likeness (QED) is 0.526. The number of rotatable bonds is 6. The van der Waals surface area contributed by atoms with E-state index in [1.165, 1.54) is 9.80 Å². The summed E-state index contributed by atoms with van der Waals surface area (Å²) in [5.41, 5.74) is 2.80. The summed E-state index contributed by atoms with van der Waals surface area (Å²) in [5.74, 6) is 0.0330. The summed E-state index contributed by atoms with van der Waals surface area (Å²) >= 11 is 1.57. The summed E-state index contributed by atoms with van der Waals surface area (Å²) in [6, 6.07) is 9.07. The molecule has 3 amide bonds. The molecule has 1 atom stereocenters. The lowest BCUT2D eigenvalue weighted by Crippen LogP contribution is -2.36. The van der Waals surface area contributed by atoms with E-state index < -0.39 is 6.10 Å². The minimum atomic E-state index is -0.622. The smallest absolute Gasteiger partial charge is 0.268 e. The number of amides is 3. The molecule has 0 spiro atoms. The highest BCUT2D eigenvalue weighted by Crippen LogP contribution is 2.31. The van der Waals surface area contributed by atoms with Gasteiger partial charge in [0.2, 0.25) is 5.91 Å². The number of anilines is 1. The van der Waals surface area contributed by atoms with Crippen LogP contribution in [0, 0.1) is 6.92 Å². The molecule has 0 bridgehead atoms. The molecule has 1 aromatic carbocycles. The highest BCUT2D eigenvalue weighted by atomic mass is 32.1. The predicted octanol–water partition coefficient (Wildman–Crippen LogP) is 2.74. The molecule has 3 aromatic rings. The van der Waals surface area contributed by atoms with E-state index in [9.17, 15) is 14.4 Å². The third kappa shape index (κ3) is 4.49. The van der Waals surface area contributed by atoms with Crippen LogP contribution in [0.1, 0.15) is 27.2 Å². The molecule has 1 saturated heterocycles. The average molecular weight is 492 g/mol. The van der Waals surface area contributed by atoms with Crippen molar-refractivity contribution in [1.82, 2.24) is 19.8 Å². The van der Waals surface area contributed by atoms with Crippen molar-refractivity contribution in [2.75, 3.05) is 32.1 Å². The molecule has 10 heteroatoms. The molecular weight excluding hydrogens is 466 g/mol. The molecule has 2 aromatic heterocycles. The fraction of sp³-hybridized carbons (Fsp3) is 0.320. The monoisotopic (exact) mass is 491 g/mol. The van der Waals surface area contributed by atoms with Gasteiger partial charge in [0.05, 0.1) is 11.9 Å². The van der Waals surface area contributed by atoms with Crippen molar-refractivity contribution in [2.45, 2.75) is 26.0 Å². The molecule has 9 nitrogen and oxygen atoms in total. The molecule has 0 radical (unpaired) electrons. The van der Waals surface area contributed by atoms with Gasteiger partial charge in [-0.15, -0.1) is 11.3 Å². The van der Waals surface area contributed by atoms with E-state index in [0.717, 1.165) is 21.1 Å². The van der Waals surface area contributed by atoms with Gasteiger partial charge in [0, 0.05) is 55.9 Å². The maximum absolute atomic E-state index is 13.1. The zero-order chi connectivity index (χ0) is 24.7. The summed E-state index contributed by atoms with van der Waals surface area (Å²) in [7, 11) is 3.33. The first-order valence-electron chi connectivity index (χ1n) is 11.3. The van der Waals surface area contributed by atoms with E-state index in [4.69, 9.17) is 4.74 Å². The molecule has 35 heavy (non-hydrogen) atoms. The van der Waals surface area contributed by atoms with Crippen LogP contribution in [0.3, 0.4) is 0 Å². The van der Waals surface area contributed by atoms with Crippen molar-refractivity contribution in [3.05, 3.63) is 58.7 Å². The number of nitrogens with zero attached hydrogens (tertiary/aromatic N) is 5. The molecular formula is C25H25N5O4S. The van der Waals surface area contributed by atoms with Crippen LogP contribution in [-0.2, 0) is 16.1 Å². The average Bonchev–Trinajstić information content (AvgIpc) is 3.52. The van der Waals surface area contributed by atoms with Crippen LogP contribution in [0.2, 0.25) is 0 Å². The fourth-order valence-corrected chi connectivity index (χ4v) is 4.92. The third-order valence-corrected chi connectivity index (χ3v) is 7.06. The normalized spacial score (nSPS) is 17.2. The molecule has 2 aliphatic rings. The van der Waals surface area contributed by atoms with Crippen LogP contribution in [0.25, 0.3) is 10.7 Å². The number of benzene rings is 1.